The highest BCUT2D eigenvalue weighted by molar-refractivity contribution is 7.48. The fraction of sp³-hybridized carbons (Fsp3) is 1.00. The van der Waals surface area contributed by atoms with Crippen LogP contribution in [0.2, 0.25) is 0 Å². The van der Waals surface area contributed by atoms with E-state index >= 15 is 0 Å². The van der Waals surface area contributed by atoms with E-state index in [0.29, 0.717) is 6.61 Å². The van der Waals surface area contributed by atoms with Crippen molar-refractivity contribution >= 4 is 7.82 Å². The molecule has 0 N–H and O–H groups in total. The summed E-state index contributed by atoms with van der Waals surface area (Å²) in [6.45, 7) is 5.71. The first-order chi connectivity index (χ1) is 5.07. The minimum atomic E-state index is -3.18. The Balaban J connectivity index is 2.57. The molecule has 2 unspecified atom stereocenters. The summed E-state index contributed by atoms with van der Waals surface area (Å²) in [6, 6.07) is 0. The van der Waals surface area contributed by atoms with Gasteiger partial charge in [0.15, 0.2) is 0 Å². The third-order valence-corrected chi connectivity index (χ3v) is 3.29. The van der Waals surface area contributed by atoms with Crippen LogP contribution in [0.15, 0.2) is 0 Å². The Hall–Kier alpha value is 0.110. The summed E-state index contributed by atoms with van der Waals surface area (Å²) < 4.78 is 26.2. The van der Waals surface area contributed by atoms with Crippen molar-refractivity contribution in [2.45, 2.75) is 33.0 Å². The van der Waals surface area contributed by atoms with E-state index in [1.165, 1.54) is 0 Å². The maximum Gasteiger partial charge on any atom is 0.475 e. The Labute approximate surface area is 66.4 Å². The van der Waals surface area contributed by atoms with Crippen LogP contribution in [0.25, 0.3) is 0 Å². The van der Waals surface area contributed by atoms with Crippen LogP contribution in [0, 0.1) is 0 Å². The molecule has 0 bridgehead atoms. The molecule has 5 heteroatoms. The zero-order valence-corrected chi connectivity index (χ0v) is 7.84. The van der Waals surface area contributed by atoms with Crippen molar-refractivity contribution in [1.82, 2.24) is 0 Å². The minimum absolute atomic E-state index is 0.146. The SMILES string of the molecule is CCOP1(=O)OC(C)C(C)O1. The van der Waals surface area contributed by atoms with Gasteiger partial charge in [0.2, 0.25) is 0 Å². The first-order valence-electron chi connectivity index (χ1n) is 3.69. The van der Waals surface area contributed by atoms with Gasteiger partial charge in [0.05, 0.1) is 18.8 Å². The van der Waals surface area contributed by atoms with Crippen LogP contribution in [0.5, 0.6) is 0 Å². The van der Waals surface area contributed by atoms with E-state index in [2.05, 4.69) is 0 Å². The predicted molar refractivity (Wildman–Crippen MR) is 40.3 cm³/mol. The van der Waals surface area contributed by atoms with Gasteiger partial charge in [-0.15, -0.1) is 0 Å². The molecule has 1 heterocycles. The van der Waals surface area contributed by atoms with E-state index < -0.39 is 7.82 Å². The summed E-state index contributed by atoms with van der Waals surface area (Å²) in [4.78, 5) is 0. The maximum atomic E-state index is 11.4. The highest BCUT2D eigenvalue weighted by atomic mass is 31.2. The van der Waals surface area contributed by atoms with Crippen LogP contribution in [0.4, 0.5) is 0 Å². The lowest BCUT2D eigenvalue weighted by molar-refractivity contribution is 0.185. The molecule has 0 saturated carbocycles. The Bertz CT molecular complexity index is 167. The molecule has 1 rings (SSSR count). The monoisotopic (exact) mass is 180 g/mol. The quantitative estimate of drug-likeness (QED) is 0.609. The zero-order chi connectivity index (χ0) is 8.48. The summed E-state index contributed by atoms with van der Waals surface area (Å²) in [5.41, 5.74) is 0. The Morgan fingerprint density at radius 3 is 2.18 bits per heavy atom. The third-order valence-electron chi connectivity index (χ3n) is 1.54. The molecule has 0 aliphatic carbocycles. The minimum Gasteiger partial charge on any atom is -0.287 e. The van der Waals surface area contributed by atoms with E-state index in [1.54, 1.807) is 6.92 Å². The zero-order valence-electron chi connectivity index (χ0n) is 6.94. The van der Waals surface area contributed by atoms with Gasteiger partial charge in [0, 0.05) is 0 Å². The third kappa shape index (κ3) is 2.03. The van der Waals surface area contributed by atoms with E-state index in [1.807, 2.05) is 13.8 Å². The summed E-state index contributed by atoms with van der Waals surface area (Å²) >= 11 is 0. The van der Waals surface area contributed by atoms with E-state index in [0.717, 1.165) is 0 Å². The molecule has 0 aromatic heterocycles. The van der Waals surface area contributed by atoms with Crippen molar-refractivity contribution in [3.8, 4) is 0 Å². The fourth-order valence-electron chi connectivity index (χ4n) is 0.822. The second-order valence-corrected chi connectivity index (χ2v) is 4.06. The highest BCUT2D eigenvalue weighted by Crippen LogP contribution is 2.56. The lowest BCUT2D eigenvalue weighted by Gasteiger charge is -2.07. The predicted octanol–water partition coefficient (Wildman–Crippen LogP) is 1.95. The largest absolute Gasteiger partial charge is 0.475 e. The molecule has 1 aliphatic heterocycles. The summed E-state index contributed by atoms with van der Waals surface area (Å²) in [5.74, 6) is 0. The lowest BCUT2D eigenvalue weighted by Crippen LogP contribution is -2.13. The number of phosphoric acid groups is 1. The smallest absolute Gasteiger partial charge is 0.287 e. The normalized spacial score (nSPS) is 44.6. The summed E-state index contributed by atoms with van der Waals surface area (Å²) in [7, 11) is -3.18. The van der Waals surface area contributed by atoms with Crippen molar-refractivity contribution in [2.75, 3.05) is 6.61 Å². The van der Waals surface area contributed by atoms with E-state index in [4.69, 9.17) is 13.6 Å². The van der Waals surface area contributed by atoms with Gasteiger partial charge in [0.25, 0.3) is 0 Å². The van der Waals surface area contributed by atoms with Crippen molar-refractivity contribution in [2.24, 2.45) is 0 Å². The van der Waals surface area contributed by atoms with Gasteiger partial charge in [-0.3, -0.25) is 13.6 Å². The van der Waals surface area contributed by atoms with E-state index in [9.17, 15) is 4.57 Å². The molecule has 0 amide bonds. The molecule has 1 saturated heterocycles. The van der Waals surface area contributed by atoms with Crippen molar-refractivity contribution in [3.63, 3.8) is 0 Å². The average molecular weight is 180 g/mol. The van der Waals surface area contributed by atoms with Gasteiger partial charge in [0.1, 0.15) is 0 Å². The van der Waals surface area contributed by atoms with Gasteiger partial charge >= 0.3 is 7.82 Å². The molecule has 1 fully saturated rings. The van der Waals surface area contributed by atoms with Crippen molar-refractivity contribution in [3.05, 3.63) is 0 Å². The Kier molecular flexibility index (Phi) is 2.70. The first-order valence-corrected chi connectivity index (χ1v) is 5.15. The highest BCUT2D eigenvalue weighted by Gasteiger charge is 2.41. The van der Waals surface area contributed by atoms with Crippen LogP contribution >= 0.6 is 7.82 Å². The summed E-state index contributed by atoms with van der Waals surface area (Å²) in [5, 5.41) is 0. The number of rotatable bonds is 2. The molecule has 0 aromatic carbocycles. The number of hydrogen-bond acceptors (Lipinski definition) is 4. The van der Waals surface area contributed by atoms with Gasteiger partial charge < -0.3 is 0 Å². The van der Waals surface area contributed by atoms with Crippen LogP contribution in [-0.4, -0.2) is 18.8 Å². The average Bonchev–Trinajstić information content (AvgIpc) is 2.08. The molecule has 0 spiro atoms. The Morgan fingerprint density at radius 2 is 1.82 bits per heavy atom. The van der Waals surface area contributed by atoms with Gasteiger partial charge in [-0.2, -0.15) is 0 Å². The van der Waals surface area contributed by atoms with E-state index in [-0.39, 0.29) is 12.2 Å². The van der Waals surface area contributed by atoms with Gasteiger partial charge in [-0.05, 0) is 20.8 Å². The Morgan fingerprint density at radius 1 is 1.36 bits per heavy atom. The van der Waals surface area contributed by atoms with Crippen molar-refractivity contribution in [1.29, 1.82) is 0 Å². The maximum absolute atomic E-state index is 11.4. The fourth-order valence-corrected chi connectivity index (χ4v) is 2.47. The van der Waals surface area contributed by atoms with Crippen LogP contribution < -0.4 is 0 Å². The molecule has 11 heavy (non-hydrogen) atoms. The van der Waals surface area contributed by atoms with Gasteiger partial charge in [-0.25, -0.2) is 4.57 Å². The number of phosphoric ester groups is 1. The lowest BCUT2D eigenvalue weighted by atomic mass is 10.3. The molecule has 0 radical (unpaired) electrons. The molecule has 4 nitrogen and oxygen atoms in total. The van der Waals surface area contributed by atoms with Crippen LogP contribution in [-0.2, 0) is 18.1 Å². The number of hydrogen-bond donors (Lipinski definition) is 0. The molecular formula is C6H13O4P. The van der Waals surface area contributed by atoms with Crippen LogP contribution in [0.1, 0.15) is 20.8 Å². The van der Waals surface area contributed by atoms with Crippen LogP contribution in [0.3, 0.4) is 0 Å². The second-order valence-electron chi connectivity index (χ2n) is 2.49. The molecular weight excluding hydrogens is 167 g/mol. The molecule has 2 atom stereocenters. The molecule has 66 valence electrons. The molecule has 1 aliphatic rings. The molecule has 0 aromatic rings. The first kappa shape index (κ1) is 9.20. The second kappa shape index (κ2) is 3.23. The standard InChI is InChI=1S/C6H13O4P/c1-4-8-11(7)9-5(2)6(3)10-11/h5-6H,4H2,1-3H3. The topological polar surface area (TPSA) is 44.8 Å². The summed E-state index contributed by atoms with van der Waals surface area (Å²) in [6.07, 6.45) is -0.292. The van der Waals surface area contributed by atoms with Gasteiger partial charge in [-0.1, -0.05) is 0 Å². The van der Waals surface area contributed by atoms with Crippen molar-refractivity contribution < 1.29 is 18.1 Å².